The predicted molar refractivity (Wildman–Crippen MR) is 46.5 cm³/mol. The summed E-state index contributed by atoms with van der Waals surface area (Å²) in [5, 5.41) is 0. The zero-order valence-electron chi connectivity index (χ0n) is 6.48. The molecule has 0 aliphatic heterocycles. The highest BCUT2D eigenvalue weighted by Gasteiger charge is 2.05. The van der Waals surface area contributed by atoms with E-state index in [2.05, 4.69) is 13.2 Å². The molecule has 0 saturated heterocycles. The van der Waals surface area contributed by atoms with Crippen LogP contribution in [-0.4, -0.2) is 0 Å². The second-order valence-corrected chi connectivity index (χ2v) is 2.31. The Balaban J connectivity index is 3.41. The average Bonchev–Trinajstić information content (AvgIpc) is 2.08. The van der Waals surface area contributed by atoms with E-state index >= 15 is 0 Å². The molecule has 0 aliphatic carbocycles. The van der Waals surface area contributed by atoms with Gasteiger partial charge in [-0.25, -0.2) is 8.78 Å². The smallest absolute Gasteiger partial charge is 0.137 e. The van der Waals surface area contributed by atoms with Crippen LogP contribution in [0.3, 0.4) is 0 Å². The van der Waals surface area contributed by atoms with Crippen molar-refractivity contribution in [2.75, 3.05) is 0 Å². The van der Waals surface area contributed by atoms with Gasteiger partial charge in [0.25, 0.3) is 0 Å². The Labute approximate surface area is 69.8 Å². The minimum absolute atomic E-state index is 0.157. The summed E-state index contributed by atoms with van der Waals surface area (Å²) < 4.78 is 25.9. The van der Waals surface area contributed by atoms with Crippen LogP contribution >= 0.6 is 0 Å². The Morgan fingerprint density at radius 3 is 1.75 bits per heavy atom. The van der Waals surface area contributed by atoms with E-state index in [0.717, 1.165) is 12.1 Å². The quantitative estimate of drug-likeness (QED) is 0.632. The molecule has 0 saturated carbocycles. The van der Waals surface area contributed by atoms with Crippen LogP contribution < -0.4 is 0 Å². The van der Waals surface area contributed by atoms with Gasteiger partial charge < -0.3 is 0 Å². The van der Waals surface area contributed by atoms with E-state index in [-0.39, 0.29) is 11.1 Å². The average molecular weight is 166 g/mol. The van der Waals surface area contributed by atoms with E-state index in [1.165, 1.54) is 12.2 Å². The fraction of sp³-hybridized carbons (Fsp3) is 0. The number of hydrogen-bond donors (Lipinski definition) is 0. The van der Waals surface area contributed by atoms with Crippen molar-refractivity contribution in [3.05, 3.63) is 48.1 Å². The van der Waals surface area contributed by atoms with Crippen LogP contribution in [-0.2, 0) is 0 Å². The molecule has 1 rings (SSSR count). The van der Waals surface area contributed by atoms with Crippen molar-refractivity contribution >= 4 is 12.2 Å². The highest BCUT2D eigenvalue weighted by molar-refractivity contribution is 5.57. The molecule has 0 spiro atoms. The molecule has 62 valence electrons. The lowest BCUT2D eigenvalue weighted by molar-refractivity contribution is 0.595. The molecule has 0 unspecified atom stereocenters. The summed E-state index contributed by atoms with van der Waals surface area (Å²) in [6.07, 6.45) is 2.54. The molecular weight excluding hydrogens is 158 g/mol. The number of halogens is 2. The molecule has 0 heterocycles. The Hall–Kier alpha value is -1.44. The first kappa shape index (κ1) is 8.65. The van der Waals surface area contributed by atoms with Gasteiger partial charge in [-0.2, -0.15) is 0 Å². The lowest BCUT2D eigenvalue weighted by Gasteiger charge is -2.00. The molecule has 0 N–H and O–H groups in total. The van der Waals surface area contributed by atoms with Gasteiger partial charge in [0, 0.05) is 11.1 Å². The standard InChI is InChI=1S/C10H8F2/c1-3-7-5-9(11)6-8(4-2)10(7)12/h3-6H,1-2H2. The molecule has 0 amide bonds. The van der Waals surface area contributed by atoms with E-state index in [0.29, 0.717) is 0 Å². The monoisotopic (exact) mass is 166 g/mol. The van der Waals surface area contributed by atoms with E-state index in [4.69, 9.17) is 0 Å². The Morgan fingerprint density at radius 2 is 1.42 bits per heavy atom. The summed E-state index contributed by atoms with van der Waals surface area (Å²) in [5.41, 5.74) is 0.315. The molecule has 0 aliphatic rings. The molecule has 0 bridgehead atoms. The summed E-state index contributed by atoms with van der Waals surface area (Å²) in [4.78, 5) is 0. The third-order valence-corrected chi connectivity index (χ3v) is 1.53. The summed E-state index contributed by atoms with van der Waals surface area (Å²) in [6.45, 7) is 6.73. The minimum atomic E-state index is -0.485. The largest absolute Gasteiger partial charge is 0.207 e. The first-order valence-electron chi connectivity index (χ1n) is 3.43. The summed E-state index contributed by atoms with van der Waals surface area (Å²) in [5.74, 6) is -0.970. The first-order chi connectivity index (χ1) is 5.69. The van der Waals surface area contributed by atoms with Gasteiger partial charge in [0.05, 0.1) is 0 Å². The lowest BCUT2D eigenvalue weighted by atomic mass is 10.1. The second-order valence-electron chi connectivity index (χ2n) is 2.31. The third-order valence-electron chi connectivity index (χ3n) is 1.53. The van der Waals surface area contributed by atoms with Crippen LogP contribution in [0.5, 0.6) is 0 Å². The zero-order chi connectivity index (χ0) is 9.14. The van der Waals surface area contributed by atoms with Crippen molar-refractivity contribution < 1.29 is 8.78 Å². The molecule has 0 radical (unpaired) electrons. The Morgan fingerprint density at radius 1 is 1.00 bits per heavy atom. The first-order valence-corrected chi connectivity index (χ1v) is 3.43. The van der Waals surface area contributed by atoms with Crippen molar-refractivity contribution in [1.29, 1.82) is 0 Å². The Kier molecular flexibility index (Phi) is 2.38. The highest BCUT2D eigenvalue weighted by atomic mass is 19.1. The topological polar surface area (TPSA) is 0 Å². The molecule has 0 atom stereocenters. The normalized spacial score (nSPS) is 9.50. The molecule has 1 aromatic carbocycles. The molecule has 0 nitrogen and oxygen atoms in total. The zero-order valence-corrected chi connectivity index (χ0v) is 6.48. The van der Waals surface area contributed by atoms with E-state index in [1.807, 2.05) is 0 Å². The van der Waals surface area contributed by atoms with Crippen molar-refractivity contribution in [1.82, 2.24) is 0 Å². The van der Waals surface area contributed by atoms with Crippen molar-refractivity contribution in [2.45, 2.75) is 0 Å². The molecular formula is C10H8F2. The lowest BCUT2D eigenvalue weighted by Crippen LogP contribution is -1.89. The van der Waals surface area contributed by atoms with E-state index < -0.39 is 11.6 Å². The highest BCUT2D eigenvalue weighted by Crippen LogP contribution is 2.17. The summed E-state index contributed by atoms with van der Waals surface area (Å²) in [6, 6.07) is 2.19. The van der Waals surface area contributed by atoms with Crippen molar-refractivity contribution in [3.63, 3.8) is 0 Å². The van der Waals surface area contributed by atoms with Gasteiger partial charge in [-0.1, -0.05) is 25.3 Å². The van der Waals surface area contributed by atoms with Gasteiger partial charge in [0.1, 0.15) is 11.6 Å². The van der Waals surface area contributed by atoms with Crippen LogP contribution in [0, 0.1) is 11.6 Å². The minimum Gasteiger partial charge on any atom is -0.207 e. The molecule has 12 heavy (non-hydrogen) atoms. The van der Waals surface area contributed by atoms with Crippen molar-refractivity contribution in [2.24, 2.45) is 0 Å². The predicted octanol–water partition coefficient (Wildman–Crippen LogP) is 3.25. The van der Waals surface area contributed by atoms with Crippen LogP contribution in [0.15, 0.2) is 25.3 Å². The van der Waals surface area contributed by atoms with Gasteiger partial charge in [-0.3, -0.25) is 0 Å². The molecule has 0 fully saturated rings. The van der Waals surface area contributed by atoms with Crippen LogP contribution in [0.4, 0.5) is 8.78 Å². The molecule has 1 aromatic rings. The van der Waals surface area contributed by atoms with Crippen LogP contribution in [0.2, 0.25) is 0 Å². The number of rotatable bonds is 2. The number of hydrogen-bond acceptors (Lipinski definition) is 0. The maximum Gasteiger partial charge on any atom is 0.137 e. The second kappa shape index (κ2) is 3.30. The van der Waals surface area contributed by atoms with E-state index in [9.17, 15) is 8.78 Å². The maximum absolute atomic E-state index is 13.1. The molecule has 0 aromatic heterocycles. The summed E-state index contributed by atoms with van der Waals surface area (Å²) in [7, 11) is 0. The number of benzene rings is 1. The van der Waals surface area contributed by atoms with Gasteiger partial charge in [0.2, 0.25) is 0 Å². The Bertz CT molecular complexity index is 298. The van der Waals surface area contributed by atoms with Crippen molar-refractivity contribution in [3.8, 4) is 0 Å². The fourth-order valence-electron chi connectivity index (χ4n) is 0.929. The molecule has 2 heteroatoms. The van der Waals surface area contributed by atoms with Crippen LogP contribution in [0.1, 0.15) is 11.1 Å². The maximum atomic E-state index is 13.1. The van der Waals surface area contributed by atoms with Crippen LogP contribution in [0.25, 0.3) is 12.2 Å². The van der Waals surface area contributed by atoms with E-state index in [1.54, 1.807) is 0 Å². The fourth-order valence-corrected chi connectivity index (χ4v) is 0.929. The van der Waals surface area contributed by atoms with Gasteiger partial charge in [-0.15, -0.1) is 0 Å². The van der Waals surface area contributed by atoms with Gasteiger partial charge in [-0.05, 0) is 12.1 Å². The van der Waals surface area contributed by atoms with Gasteiger partial charge in [0.15, 0.2) is 0 Å². The third kappa shape index (κ3) is 1.42. The summed E-state index contributed by atoms with van der Waals surface area (Å²) >= 11 is 0. The van der Waals surface area contributed by atoms with Gasteiger partial charge >= 0.3 is 0 Å². The SMILES string of the molecule is C=Cc1cc(F)cc(C=C)c1F.